The van der Waals surface area contributed by atoms with Crippen LogP contribution < -0.4 is 0 Å². The average molecular weight is 288 g/mol. The van der Waals surface area contributed by atoms with Crippen molar-refractivity contribution in [2.75, 3.05) is 0 Å². The largest absolute Gasteiger partial charge is 0.356 e. The lowest BCUT2D eigenvalue weighted by Crippen LogP contribution is -1.82. The van der Waals surface area contributed by atoms with Crippen LogP contribution in [0.4, 0.5) is 0 Å². The number of benzene rings is 2. The third kappa shape index (κ3) is 1.76. The Kier molecular flexibility index (Phi) is 2.48. The molecule has 0 radical (unpaired) electrons. The van der Waals surface area contributed by atoms with Crippen LogP contribution in [0.2, 0.25) is 0 Å². The van der Waals surface area contributed by atoms with E-state index in [1.807, 2.05) is 30.3 Å². The van der Waals surface area contributed by atoms with E-state index in [0.717, 1.165) is 26.7 Å². The minimum atomic E-state index is 0.812. The second-order valence-corrected chi connectivity index (χ2v) is 4.90. The summed E-state index contributed by atoms with van der Waals surface area (Å²) < 4.78 is 6.37. The summed E-state index contributed by atoms with van der Waals surface area (Å²) in [5.74, 6) is 0. The van der Waals surface area contributed by atoms with Crippen molar-refractivity contribution in [1.82, 2.24) is 5.16 Å². The Morgan fingerprint density at radius 2 is 1.94 bits per heavy atom. The fourth-order valence-corrected chi connectivity index (χ4v) is 2.30. The van der Waals surface area contributed by atoms with Gasteiger partial charge in [-0.25, -0.2) is 0 Å². The molecule has 0 unspecified atom stereocenters. The molecule has 0 saturated heterocycles. The normalized spacial score (nSPS) is 10.9. The minimum Gasteiger partial charge on any atom is -0.356 e. The van der Waals surface area contributed by atoms with Gasteiger partial charge in [-0.05, 0) is 30.7 Å². The van der Waals surface area contributed by atoms with E-state index in [-0.39, 0.29) is 0 Å². The van der Waals surface area contributed by atoms with Crippen LogP contribution in [0.1, 0.15) is 5.56 Å². The maximum absolute atomic E-state index is 5.34. The Morgan fingerprint density at radius 1 is 1.12 bits per heavy atom. The van der Waals surface area contributed by atoms with Gasteiger partial charge in [0, 0.05) is 10.0 Å². The van der Waals surface area contributed by atoms with E-state index >= 15 is 0 Å². The Bertz CT molecular complexity index is 688. The molecule has 2 nitrogen and oxygen atoms in total. The van der Waals surface area contributed by atoms with Crippen molar-refractivity contribution in [1.29, 1.82) is 0 Å². The number of rotatable bonds is 1. The van der Waals surface area contributed by atoms with E-state index in [9.17, 15) is 0 Å². The zero-order valence-electron chi connectivity index (χ0n) is 9.27. The Balaban J connectivity index is 2.31. The van der Waals surface area contributed by atoms with Crippen LogP contribution in [0, 0.1) is 6.92 Å². The molecule has 0 amide bonds. The first kappa shape index (κ1) is 10.5. The second kappa shape index (κ2) is 4.00. The monoisotopic (exact) mass is 287 g/mol. The summed E-state index contributed by atoms with van der Waals surface area (Å²) >= 11 is 3.47. The topological polar surface area (TPSA) is 26.0 Å². The fourth-order valence-electron chi connectivity index (χ4n) is 1.94. The molecule has 0 atom stereocenters. The van der Waals surface area contributed by atoms with Gasteiger partial charge in [0.15, 0.2) is 5.58 Å². The molecule has 2 aromatic carbocycles. The van der Waals surface area contributed by atoms with Crippen molar-refractivity contribution in [2.24, 2.45) is 0 Å². The molecule has 0 aliphatic heterocycles. The molecule has 0 fully saturated rings. The van der Waals surface area contributed by atoms with E-state index < -0.39 is 0 Å². The van der Waals surface area contributed by atoms with E-state index in [0.29, 0.717) is 0 Å². The van der Waals surface area contributed by atoms with Crippen LogP contribution >= 0.6 is 15.9 Å². The van der Waals surface area contributed by atoms with E-state index in [1.165, 1.54) is 5.56 Å². The standard InChI is InChI=1S/C14H10BrNO/c1-9-4-2-3-5-11(9)14-12-8-10(15)6-7-13(12)17-16-14/h2-8H,1H3. The van der Waals surface area contributed by atoms with Crippen LogP contribution in [0.5, 0.6) is 0 Å². The predicted octanol–water partition coefficient (Wildman–Crippen LogP) is 4.57. The summed E-state index contributed by atoms with van der Waals surface area (Å²) in [5.41, 5.74) is 4.03. The zero-order chi connectivity index (χ0) is 11.8. The van der Waals surface area contributed by atoms with Gasteiger partial charge in [0.1, 0.15) is 5.69 Å². The third-order valence-electron chi connectivity index (χ3n) is 2.83. The van der Waals surface area contributed by atoms with Gasteiger partial charge in [0.2, 0.25) is 0 Å². The van der Waals surface area contributed by atoms with E-state index in [4.69, 9.17) is 4.52 Å². The summed E-state index contributed by atoms with van der Waals surface area (Å²) in [6.07, 6.45) is 0. The van der Waals surface area contributed by atoms with Gasteiger partial charge < -0.3 is 4.52 Å². The highest BCUT2D eigenvalue weighted by Gasteiger charge is 2.11. The first-order valence-corrected chi connectivity index (χ1v) is 6.16. The number of nitrogens with zero attached hydrogens (tertiary/aromatic N) is 1. The summed E-state index contributed by atoms with van der Waals surface area (Å²) in [6.45, 7) is 2.08. The number of fused-ring (bicyclic) bond motifs is 1. The summed E-state index contributed by atoms with van der Waals surface area (Å²) in [5, 5.41) is 5.21. The number of aryl methyl sites for hydroxylation is 1. The van der Waals surface area contributed by atoms with E-state index in [1.54, 1.807) is 0 Å². The molecule has 3 rings (SSSR count). The zero-order valence-corrected chi connectivity index (χ0v) is 10.9. The van der Waals surface area contributed by atoms with Gasteiger partial charge in [-0.1, -0.05) is 45.4 Å². The third-order valence-corrected chi connectivity index (χ3v) is 3.33. The fraction of sp³-hybridized carbons (Fsp3) is 0.0714. The molecular weight excluding hydrogens is 278 g/mol. The minimum absolute atomic E-state index is 0.812. The van der Waals surface area contributed by atoms with Crippen LogP contribution in [0.15, 0.2) is 51.5 Å². The van der Waals surface area contributed by atoms with Gasteiger partial charge >= 0.3 is 0 Å². The first-order valence-electron chi connectivity index (χ1n) is 5.36. The summed E-state index contributed by atoms with van der Waals surface area (Å²) in [4.78, 5) is 0. The van der Waals surface area contributed by atoms with Crippen molar-refractivity contribution in [3.8, 4) is 11.3 Å². The van der Waals surface area contributed by atoms with Gasteiger partial charge in [-0.15, -0.1) is 0 Å². The molecule has 3 aromatic rings. The van der Waals surface area contributed by atoms with Gasteiger partial charge in [0.05, 0.1) is 5.39 Å². The lowest BCUT2D eigenvalue weighted by Gasteiger charge is -2.01. The van der Waals surface area contributed by atoms with E-state index in [2.05, 4.69) is 40.1 Å². The quantitative estimate of drug-likeness (QED) is 0.655. The highest BCUT2D eigenvalue weighted by Crippen LogP contribution is 2.31. The molecule has 0 aliphatic carbocycles. The van der Waals surface area contributed by atoms with Gasteiger partial charge in [-0.3, -0.25) is 0 Å². The number of hydrogen-bond donors (Lipinski definition) is 0. The van der Waals surface area contributed by atoms with Crippen LogP contribution in [-0.2, 0) is 0 Å². The Labute approximate surface area is 107 Å². The summed E-state index contributed by atoms with van der Waals surface area (Å²) in [7, 11) is 0. The summed E-state index contributed by atoms with van der Waals surface area (Å²) in [6, 6.07) is 14.1. The molecular formula is C14H10BrNO. The maximum Gasteiger partial charge on any atom is 0.167 e. The molecule has 1 aromatic heterocycles. The lowest BCUT2D eigenvalue weighted by atomic mass is 10.0. The number of aromatic nitrogens is 1. The molecule has 3 heteroatoms. The van der Waals surface area contributed by atoms with Crippen molar-refractivity contribution in [3.63, 3.8) is 0 Å². The van der Waals surface area contributed by atoms with Crippen LogP contribution in [0.3, 0.4) is 0 Å². The van der Waals surface area contributed by atoms with Crippen molar-refractivity contribution in [2.45, 2.75) is 6.92 Å². The Hall–Kier alpha value is -1.61. The molecule has 17 heavy (non-hydrogen) atoms. The van der Waals surface area contributed by atoms with Crippen molar-refractivity contribution >= 4 is 26.9 Å². The molecule has 84 valence electrons. The molecule has 0 saturated carbocycles. The first-order chi connectivity index (χ1) is 8.25. The van der Waals surface area contributed by atoms with Crippen molar-refractivity contribution in [3.05, 3.63) is 52.5 Å². The smallest absolute Gasteiger partial charge is 0.167 e. The number of halogens is 1. The van der Waals surface area contributed by atoms with Crippen LogP contribution in [0.25, 0.3) is 22.2 Å². The maximum atomic E-state index is 5.34. The molecule has 0 N–H and O–H groups in total. The lowest BCUT2D eigenvalue weighted by molar-refractivity contribution is 0.459. The van der Waals surface area contributed by atoms with Gasteiger partial charge in [0.25, 0.3) is 0 Å². The Morgan fingerprint density at radius 3 is 2.76 bits per heavy atom. The van der Waals surface area contributed by atoms with Gasteiger partial charge in [-0.2, -0.15) is 0 Å². The predicted molar refractivity (Wildman–Crippen MR) is 71.9 cm³/mol. The SMILES string of the molecule is Cc1ccccc1-c1noc2ccc(Br)cc12. The molecule has 0 bridgehead atoms. The highest BCUT2D eigenvalue weighted by molar-refractivity contribution is 9.10. The molecule has 0 aliphatic rings. The van der Waals surface area contributed by atoms with Crippen molar-refractivity contribution < 1.29 is 4.52 Å². The number of hydrogen-bond acceptors (Lipinski definition) is 2. The molecule has 1 heterocycles. The second-order valence-electron chi connectivity index (χ2n) is 3.99. The highest BCUT2D eigenvalue weighted by atomic mass is 79.9. The van der Waals surface area contributed by atoms with Crippen LogP contribution in [-0.4, -0.2) is 5.16 Å². The average Bonchev–Trinajstić information content (AvgIpc) is 2.72. The molecule has 0 spiro atoms.